The highest BCUT2D eigenvalue weighted by Crippen LogP contribution is 2.14. The van der Waals surface area contributed by atoms with Gasteiger partial charge in [-0.3, -0.25) is 9.59 Å². The largest absolute Gasteiger partial charge is 0.468 e. The Morgan fingerprint density at radius 1 is 1.04 bits per heavy atom. The number of nitrogens with one attached hydrogen (secondary N) is 3. The molecule has 0 atom stereocenters. The smallest absolute Gasteiger partial charge is 0.261 e. The number of sulfonamides is 1. The van der Waals surface area contributed by atoms with Crippen molar-refractivity contribution in [3.05, 3.63) is 70.8 Å². The minimum Gasteiger partial charge on any atom is -0.468 e. The molecule has 0 aliphatic carbocycles. The van der Waals surface area contributed by atoms with Gasteiger partial charge in [0.15, 0.2) is 0 Å². The number of carbonyl (C=O) groups excluding carboxylic acids is 2. The van der Waals surface area contributed by atoms with Crippen LogP contribution in [0.1, 0.15) is 15.4 Å². The van der Waals surface area contributed by atoms with Gasteiger partial charge in [0.25, 0.3) is 5.91 Å². The van der Waals surface area contributed by atoms with Crippen LogP contribution in [-0.2, 0) is 21.4 Å². The second-order valence-electron chi connectivity index (χ2n) is 5.64. The molecule has 2 aromatic heterocycles. The maximum absolute atomic E-state index is 12.3. The fraction of sp³-hybridized carbons (Fsp3) is 0.111. The lowest BCUT2D eigenvalue weighted by atomic mass is 10.3. The number of hydrogen-bond acceptors (Lipinski definition) is 6. The molecule has 0 saturated carbocycles. The Labute approximate surface area is 165 Å². The lowest BCUT2D eigenvalue weighted by molar-refractivity contribution is -0.115. The van der Waals surface area contributed by atoms with E-state index in [9.17, 15) is 18.0 Å². The molecule has 0 aliphatic heterocycles. The molecule has 0 saturated heterocycles. The normalized spacial score (nSPS) is 11.1. The van der Waals surface area contributed by atoms with E-state index in [4.69, 9.17) is 4.42 Å². The third kappa shape index (κ3) is 5.28. The molecule has 1 aromatic carbocycles. The van der Waals surface area contributed by atoms with Crippen LogP contribution >= 0.6 is 11.3 Å². The first-order chi connectivity index (χ1) is 13.4. The summed E-state index contributed by atoms with van der Waals surface area (Å²) in [6.45, 7) is -0.154. The first kappa shape index (κ1) is 19.8. The van der Waals surface area contributed by atoms with Crippen LogP contribution in [0.5, 0.6) is 0 Å². The topological polar surface area (TPSA) is 118 Å². The molecule has 28 heavy (non-hydrogen) atoms. The average molecular weight is 419 g/mol. The lowest BCUT2D eigenvalue weighted by Gasteiger charge is -2.08. The molecule has 3 N–H and O–H groups in total. The monoisotopic (exact) mass is 419 g/mol. The van der Waals surface area contributed by atoms with Crippen molar-refractivity contribution >= 4 is 38.9 Å². The van der Waals surface area contributed by atoms with Gasteiger partial charge >= 0.3 is 0 Å². The maximum atomic E-state index is 12.3. The van der Waals surface area contributed by atoms with E-state index in [1.165, 1.54) is 41.9 Å². The third-order valence-electron chi connectivity index (χ3n) is 3.62. The number of rotatable bonds is 8. The van der Waals surface area contributed by atoms with Crippen LogP contribution in [0.25, 0.3) is 0 Å². The molecule has 2 heterocycles. The van der Waals surface area contributed by atoms with E-state index in [0.29, 0.717) is 16.3 Å². The Hall–Kier alpha value is -2.95. The summed E-state index contributed by atoms with van der Waals surface area (Å²) < 4.78 is 32.0. The molecule has 0 spiro atoms. The molecular formula is C18H17N3O5S2. The first-order valence-corrected chi connectivity index (χ1v) is 10.5. The molecule has 0 radical (unpaired) electrons. The van der Waals surface area contributed by atoms with Crippen LogP contribution in [-0.4, -0.2) is 26.8 Å². The molecule has 8 nitrogen and oxygen atoms in total. The van der Waals surface area contributed by atoms with Crippen LogP contribution in [0.15, 0.2) is 69.5 Å². The highest BCUT2D eigenvalue weighted by molar-refractivity contribution is 7.89. The number of benzene rings is 1. The summed E-state index contributed by atoms with van der Waals surface area (Å²) in [7, 11) is -3.71. The minimum atomic E-state index is -3.71. The van der Waals surface area contributed by atoms with Gasteiger partial charge in [0, 0.05) is 5.69 Å². The predicted molar refractivity (Wildman–Crippen MR) is 104 cm³/mol. The second kappa shape index (κ2) is 8.83. The van der Waals surface area contributed by atoms with E-state index in [0.717, 1.165) is 0 Å². The van der Waals surface area contributed by atoms with Crippen LogP contribution in [0.3, 0.4) is 0 Å². The summed E-state index contributed by atoms with van der Waals surface area (Å²) in [5.41, 5.74) is 0.417. The number of hydrogen-bond donors (Lipinski definition) is 3. The Kier molecular flexibility index (Phi) is 6.24. The van der Waals surface area contributed by atoms with Crippen molar-refractivity contribution < 1.29 is 22.4 Å². The van der Waals surface area contributed by atoms with Crippen molar-refractivity contribution in [2.45, 2.75) is 11.4 Å². The van der Waals surface area contributed by atoms with Gasteiger partial charge in [-0.05, 0) is 47.8 Å². The summed E-state index contributed by atoms with van der Waals surface area (Å²) in [6.07, 6.45) is 1.46. The molecule has 0 fully saturated rings. The van der Waals surface area contributed by atoms with Crippen molar-refractivity contribution in [1.82, 2.24) is 10.0 Å². The number of thiophene rings is 1. The van der Waals surface area contributed by atoms with Crippen molar-refractivity contribution in [1.29, 1.82) is 0 Å². The van der Waals surface area contributed by atoms with E-state index in [2.05, 4.69) is 15.4 Å². The number of amides is 2. The highest BCUT2D eigenvalue weighted by atomic mass is 32.2. The zero-order valence-corrected chi connectivity index (χ0v) is 16.2. The van der Waals surface area contributed by atoms with Crippen molar-refractivity contribution in [2.75, 3.05) is 11.9 Å². The van der Waals surface area contributed by atoms with Gasteiger partial charge in [-0.15, -0.1) is 11.3 Å². The summed E-state index contributed by atoms with van der Waals surface area (Å²) in [5, 5.41) is 6.88. The zero-order valence-electron chi connectivity index (χ0n) is 14.5. The van der Waals surface area contributed by atoms with Crippen LogP contribution in [0.2, 0.25) is 0 Å². The molecule has 146 valence electrons. The Bertz CT molecular complexity index is 1030. The van der Waals surface area contributed by atoms with Gasteiger partial charge in [-0.25, -0.2) is 13.1 Å². The van der Waals surface area contributed by atoms with Gasteiger partial charge < -0.3 is 15.1 Å². The summed E-state index contributed by atoms with van der Waals surface area (Å²) in [4.78, 5) is 24.3. The molecule has 3 rings (SSSR count). The molecular weight excluding hydrogens is 402 g/mol. The van der Waals surface area contributed by atoms with Crippen LogP contribution < -0.4 is 15.4 Å². The number of furan rings is 1. The van der Waals surface area contributed by atoms with E-state index >= 15 is 0 Å². The average Bonchev–Trinajstić information content (AvgIpc) is 3.39. The molecule has 0 aliphatic rings. The quantitative estimate of drug-likeness (QED) is 0.517. The maximum Gasteiger partial charge on any atom is 0.261 e. The molecule has 10 heteroatoms. The van der Waals surface area contributed by atoms with E-state index in [-0.39, 0.29) is 23.9 Å². The Morgan fingerprint density at radius 2 is 1.82 bits per heavy atom. The van der Waals surface area contributed by atoms with Gasteiger partial charge in [-0.1, -0.05) is 6.07 Å². The zero-order chi connectivity index (χ0) is 20.0. The van der Waals surface area contributed by atoms with E-state index < -0.39 is 15.9 Å². The summed E-state index contributed by atoms with van der Waals surface area (Å²) >= 11 is 1.28. The van der Waals surface area contributed by atoms with Gasteiger partial charge in [-0.2, -0.15) is 0 Å². The standard InChI is InChI=1S/C18H17N3O5S2/c22-17(12-19-18(23)16-4-2-10-27-16)21-13-5-7-15(8-6-13)28(24,25)20-11-14-3-1-9-26-14/h1-10,20H,11-12H2,(H,19,23)(H,21,22). The predicted octanol–water partition coefficient (Wildman–Crippen LogP) is 2.19. The van der Waals surface area contributed by atoms with Crippen molar-refractivity contribution in [2.24, 2.45) is 0 Å². The SMILES string of the molecule is O=C(CNC(=O)c1cccs1)Nc1ccc(S(=O)(=O)NCc2ccco2)cc1. The van der Waals surface area contributed by atoms with Crippen molar-refractivity contribution in [3.8, 4) is 0 Å². The molecule has 0 unspecified atom stereocenters. The molecule has 2 amide bonds. The Morgan fingerprint density at radius 3 is 2.46 bits per heavy atom. The van der Waals surface area contributed by atoms with E-state index in [1.54, 1.807) is 29.6 Å². The molecule has 0 bridgehead atoms. The highest BCUT2D eigenvalue weighted by Gasteiger charge is 2.15. The number of anilines is 1. The molecule has 3 aromatic rings. The fourth-order valence-corrected chi connectivity index (χ4v) is 3.87. The van der Waals surface area contributed by atoms with Crippen LogP contribution in [0, 0.1) is 0 Å². The van der Waals surface area contributed by atoms with E-state index in [1.807, 2.05) is 0 Å². The number of carbonyl (C=O) groups is 2. The van der Waals surface area contributed by atoms with Gasteiger partial charge in [0.05, 0.1) is 29.1 Å². The Balaban J connectivity index is 1.52. The first-order valence-electron chi connectivity index (χ1n) is 8.18. The second-order valence-corrected chi connectivity index (χ2v) is 8.35. The van der Waals surface area contributed by atoms with Gasteiger partial charge in [0.2, 0.25) is 15.9 Å². The third-order valence-corrected chi connectivity index (χ3v) is 5.91. The van der Waals surface area contributed by atoms with Crippen LogP contribution in [0.4, 0.5) is 5.69 Å². The fourth-order valence-electron chi connectivity index (χ4n) is 2.24. The summed E-state index contributed by atoms with van der Waals surface area (Å²) in [5.74, 6) is -0.247. The minimum absolute atomic E-state index is 0.0394. The van der Waals surface area contributed by atoms with Crippen molar-refractivity contribution in [3.63, 3.8) is 0 Å². The summed E-state index contributed by atoms with van der Waals surface area (Å²) in [6, 6.07) is 12.5. The lowest BCUT2D eigenvalue weighted by Crippen LogP contribution is -2.32. The van der Waals surface area contributed by atoms with Gasteiger partial charge in [0.1, 0.15) is 5.76 Å².